The van der Waals surface area contributed by atoms with E-state index in [1.807, 2.05) is 0 Å². The standard InChI is InChI=1S/C14H14.ClH.H3NO2S/c1-11-7-6-10-14(12(11)2)13-8-4-3-5-9-13;;1-4(2)3/h3-10H,1-2H3;1H;4H,(H2,1,2,3). The highest BCUT2D eigenvalue weighted by atomic mass is 35.5. The van der Waals surface area contributed by atoms with Crippen molar-refractivity contribution in [1.29, 1.82) is 0 Å². The smallest absolute Gasteiger partial charge is 0.198 e. The van der Waals surface area contributed by atoms with Gasteiger partial charge in [-0.15, -0.1) is 12.4 Å². The summed E-state index contributed by atoms with van der Waals surface area (Å²) >= 11 is 0. The first kappa shape index (κ1) is 17.6. The molecule has 0 saturated carbocycles. The Kier molecular flexibility index (Phi) is 8.07. The molecule has 19 heavy (non-hydrogen) atoms. The number of halogens is 1. The second-order valence-corrected chi connectivity index (χ2v) is 4.47. The Morgan fingerprint density at radius 1 is 0.895 bits per heavy atom. The molecule has 2 N–H and O–H groups in total. The summed E-state index contributed by atoms with van der Waals surface area (Å²) in [5.74, 6) is 0. The number of aryl methyl sites for hydroxylation is 1. The van der Waals surface area contributed by atoms with Crippen LogP contribution in [0.15, 0.2) is 48.5 Å². The Labute approximate surface area is 122 Å². The van der Waals surface area contributed by atoms with E-state index in [0.29, 0.717) is 0 Å². The molecule has 0 atom stereocenters. The van der Waals surface area contributed by atoms with E-state index in [1.54, 1.807) is 0 Å². The van der Waals surface area contributed by atoms with Crippen molar-refractivity contribution in [2.24, 2.45) is 5.14 Å². The van der Waals surface area contributed by atoms with Gasteiger partial charge in [-0.1, -0.05) is 48.5 Å². The summed E-state index contributed by atoms with van der Waals surface area (Å²) < 4.78 is 17.6. The molecule has 5 heteroatoms. The van der Waals surface area contributed by atoms with Crippen LogP contribution in [0.25, 0.3) is 11.1 Å². The zero-order valence-electron chi connectivity index (χ0n) is 10.9. The predicted octanol–water partition coefficient (Wildman–Crippen LogP) is 2.86. The lowest BCUT2D eigenvalue weighted by Crippen LogP contribution is -1.85. The van der Waals surface area contributed by atoms with Crippen LogP contribution < -0.4 is 5.14 Å². The SMILES string of the molecule is Cc1cccc(-c2ccccc2)c1C.Cl.N[SH](=O)=O. The number of rotatable bonds is 1. The predicted molar refractivity (Wildman–Crippen MR) is 83.1 cm³/mol. The zero-order valence-corrected chi connectivity index (χ0v) is 12.6. The molecule has 2 rings (SSSR count). The molecular formula is C14H18ClNO2S. The largest absolute Gasteiger partial charge is 0.231 e. The van der Waals surface area contributed by atoms with Gasteiger partial charge in [0, 0.05) is 0 Å². The van der Waals surface area contributed by atoms with Crippen LogP contribution in [0.2, 0.25) is 0 Å². The highest BCUT2D eigenvalue weighted by Crippen LogP contribution is 2.24. The highest BCUT2D eigenvalue weighted by molar-refractivity contribution is 7.69. The van der Waals surface area contributed by atoms with Crippen LogP contribution in [0.1, 0.15) is 11.1 Å². The number of hydrogen-bond acceptors (Lipinski definition) is 2. The van der Waals surface area contributed by atoms with Gasteiger partial charge in [0.1, 0.15) is 0 Å². The molecule has 0 aliphatic rings. The van der Waals surface area contributed by atoms with Gasteiger partial charge in [0.15, 0.2) is 10.9 Å². The molecule has 2 aromatic rings. The summed E-state index contributed by atoms with van der Waals surface area (Å²) in [5.41, 5.74) is 5.37. The quantitative estimate of drug-likeness (QED) is 0.796. The van der Waals surface area contributed by atoms with E-state index in [0.717, 1.165) is 0 Å². The summed E-state index contributed by atoms with van der Waals surface area (Å²) in [6.45, 7) is 4.33. The van der Waals surface area contributed by atoms with E-state index < -0.39 is 10.9 Å². The van der Waals surface area contributed by atoms with Crippen LogP contribution >= 0.6 is 12.4 Å². The third-order valence-corrected chi connectivity index (χ3v) is 2.69. The first-order valence-corrected chi connectivity index (χ1v) is 6.77. The number of hydrogen-bond donors (Lipinski definition) is 2. The molecule has 2 aromatic carbocycles. The van der Waals surface area contributed by atoms with Crippen LogP contribution in [0.5, 0.6) is 0 Å². The summed E-state index contributed by atoms with van der Waals surface area (Å²) in [4.78, 5) is 0. The summed E-state index contributed by atoms with van der Waals surface area (Å²) in [5, 5.41) is 4.06. The van der Waals surface area contributed by atoms with Gasteiger partial charge in [-0.25, -0.2) is 13.6 Å². The van der Waals surface area contributed by atoms with Crippen LogP contribution in [0.3, 0.4) is 0 Å². The van der Waals surface area contributed by atoms with E-state index in [1.165, 1.54) is 22.3 Å². The summed E-state index contributed by atoms with van der Waals surface area (Å²) in [7, 11) is -2.62. The third-order valence-electron chi connectivity index (χ3n) is 2.69. The second-order valence-electron chi connectivity index (χ2n) is 3.90. The fourth-order valence-electron chi connectivity index (χ4n) is 1.68. The van der Waals surface area contributed by atoms with E-state index in [-0.39, 0.29) is 12.4 Å². The summed E-state index contributed by atoms with van der Waals surface area (Å²) in [6, 6.07) is 17.0. The molecule has 104 valence electrons. The minimum atomic E-state index is -2.62. The van der Waals surface area contributed by atoms with Gasteiger partial charge in [-0.3, -0.25) is 0 Å². The van der Waals surface area contributed by atoms with E-state index in [2.05, 4.69) is 67.5 Å². The van der Waals surface area contributed by atoms with Crippen molar-refractivity contribution in [3.63, 3.8) is 0 Å². The van der Waals surface area contributed by atoms with Gasteiger partial charge in [0.2, 0.25) is 0 Å². The normalized spacial score (nSPS) is 9.26. The van der Waals surface area contributed by atoms with Crippen molar-refractivity contribution in [3.05, 3.63) is 59.7 Å². The average molecular weight is 300 g/mol. The Bertz CT molecular complexity index is 575. The first-order chi connectivity index (χ1) is 8.52. The van der Waals surface area contributed by atoms with Crippen LogP contribution in [0, 0.1) is 13.8 Å². The number of thiol groups is 1. The van der Waals surface area contributed by atoms with Gasteiger partial charge in [-0.2, -0.15) is 0 Å². The maximum absolute atomic E-state index is 8.81. The van der Waals surface area contributed by atoms with E-state index >= 15 is 0 Å². The molecule has 0 bridgehead atoms. The topological polar surface area (TPSA) is 60.2 Å². The van der Waals surface area contributed by atoms with Crippen molar-refractivity contribution in [1.82, 2.24) is 0 Å². The van der Waals surface area contributed by atoms with E-state index in [9.17, 15) is 0 Å². The maximum atomic E-state index is 8.81. The van der Waals surface area contributed by atoms with Gasteiger partial charge < -0.3 is 0 Å². The molecule has 3 nitrogen and oxygen atoms in total. The zero-order chi connectivity index (χ0) is 13.5. The first-order valence-electron chi connectivity index (χ1n) is 5.53. The Morgan fingerprint density at radius 3 is 1.95 bits per heavy atom. The minimum absolute atomic E-state index is 0. The summed E-state index contributed by atoms with van der Waals surface area (Å²) in [6.07, 6.45) is 0. The van der Waals surface area contributed by atoms with Crippen LogP contribution in [-0.2, 0) is 10.9 Å². The lowest BCUT2D eigenvalue weighted by atomic mass is 9.97. The van der Waals surface area contributed by atoms with Crippen LogP contribution in [-0.4, -0.2) is 8.42 Å². The average Bonchev–Trinajstić information content (AvgIpc) is 2.33. The van der Waals surface area contributed by atoms with Crippen molar-refractivity contribution in [2.75, 3.05) is 0 Å². The third kappa shape index (κ3) is 5.87. The number of nitrogens with two attached hydrogens (primary N) is 1. The van der Waals surface area contributed by atoms with Gasteiger partial charge in [0.05, 0.1) is 0 Å². The molecule has 0 aliphatic heterocycles. The molecule has 0 aliphatic carbocycles. The number of benzene rings is 2. The molecule has 0 radical (unpaired) electrons. The van der Waals surface area contributed by atoms with Crippen molar-refractivity contribution >= 4 is 23.3 Å². The Morgan fingerprint density at radius 2 is 1.42 bits per heavy atom. The lowest BCUT2D eigenvalue weighted by molar-refractivity contribution is 0.616. The van der Waals surface area contributed by atoms with E-state index in [4.69, 9.17) is 8.42 Å². The van der Waals surface area contributed by atoms with Gasteiger partial charge >= 0.3 is 0 Å². The van der Waals surface area contributed by atoms with Crippen LogP contribution in [0.4, 0.5) is 0 Å². The van der Waals surface area contributed by atoms with Gasteiger partial charge in [-0.05, 0) is 36.1 Å². The fourth-order valence-corrected chi connectivity index (χ4v) is 1.68. The van der Waals surface area contributed by atoms with Crippen molar-refractivity contribution in [3.8, 4) is 11.1 Å². The van der Waals surface area contributed by atoms with Crippen molar-refractivity contribution < 1.29 is 8.42 Å². The molecule has 0 amide bonds. The van der Waals surface area contributed by atoms with Gasteiger partial charge in [0.25, 0.3) is 0 Å². The molecule has 0 unspecified atom stereocenters. The van der Waals surface area contributed by atoms with Crippen molar-refractivity contribution in [2.45, 2.75) is 13.8 Å². The molecule has 0 heterocycles. The Balaban J connectivity index is 0.000000576. The molecular weight excluding hydrogens is 282 g/mol. The molecule has 0 spiro atoms. The minimum Gasteiger partial charge on any atom is -0.231 e. The maximum Gasteiger partial charge on any atom is 0.198 e. The highest BCUT2D eigenvalue weighted by Gasteiger charge is 2.01. The molecule has 0 fully saturated rings. The molecule has 0 saturated heterocycles. The lowest BCUT2D eigenvalue weighted by Gasteiger charge is -2.07. The Hall–Kier alpha value is -1.36. The second kappa shape index (κ2) is 8.69. The fraction of sp³-hybridized carbons (Fsp3) is 0.143. The monoisotopic (exact) mass is 299 g/mol. The molecule has 0 aromatic heterocycles.